The first-order valence-corrected chi connectivity index (χ1v) is 12.7. The number of thiophene rings is 1. The van der Waals surface area contributed by atoms with E-state index in [1.54, 1.807) is 41.7 Å². The van der Waals surface area contributed by atoms with E-state index >= 15 is 0 Å². The Hall–Kier alpha value is -2.93. The van der Waals surface area contributed by atoms with Gasteiger partial charge in [-0.25, -0.2) is 0 Å². The highest BCUT2D eigenvalue weighted by Gasteiger charge is 2.13. The average Bonchev–Trinajstić information content (AvgIpc) is 3.30. The van der Waals surface area contributed by atoms with Crippen molar-refractivity contribution >= 4 is 33.8 Å². The fraction of sp³-hybridized carbons (Fsp3) is 0.286. The topological polar surface area (TPSA) is 62.2 Å². The Morgan fingerprint density at radius 3 is 2.46 bits per heavy atom. The van der Waals surface area contributed by atoms with Gasteiger partial charge in [-0.3, -0.25) is 0 Å². The molecule has 0 amide bonds. The molecule has 1 aromatic heterocycles. The number of halogens is 1. The molecule has 1 aliphatic rings. The molecule has 0 unspecified atom stereocenters. The molecule has 5 nitrogen and oxygen atoms in total. The molecule has 0 spiro atoms. The van der Waals surface area contributed by atoms with Crippen molar-refractivity contribution in [2.45, 2.75) is 25.7 Å². The van der Waals surface area contributed by atoms with Gasteiger partial charge in [0.1, 0.15) is 5.75 Å². The summed E-state index contributed by atoms with van der Waals surface area (Å²) in [5.41, 5.74) is 0.946. The van der Waals surface area contributed by atoms with Crippen molar-refractivity contribution in [3.8, 4) is 39.2 Å². The Kier molecular flexibility index (Phi) is 8.39. The second-order valence-corrected chi connectivity index (χ2v) is 9.75. The Morgan fingerprint density at radius 2 is 1.66 bits per heavy atom. The maximum atomic E-state index is 10.5. The minimum atomic E-state index is -0.0276. The fourth-order valence-electron chi connectivity index (χ4n) is 4.33. The molecule has 1 fully saturated rings. The number of hydrogen-bond acceptors (Lipinski definition) is 6. The summed E-state index contributed by atoms with van der Waals surface area (Å²) in [7, 11) is 0. The Morgan fingerprint density at radius 1 is 0.829 bits per heavy atom. The number of fused-ring (bicyclic) bond motifs is 1. The van der Waals surface area contributed by atoms with E-state index in [1.807, 2.05) is 18.2 Å². The highest BCUT2D eigenvalue weighted by atomic mass is 35.5. The normalized spacial score (nSPS) is 13.9. The number of likely N-dealkylation sites (tertiary alicyclic amines) is 1. The molecule has 184 valence electrons. The second-order valence-electron chi connectivity index (χ2n) is 8.67. The van der Waals surface area contributed by atoms with Gasteiger partial charge >= 0.3 is 0 Å². The van der Waals surface area contributed by atoms with E-state index in [9.17, 15) is 10.2 Å². The monoisotopic (exact) mass is 511 g/mol. The predicted octanol–water partition coefficient (Wildman–Crippen LogP) is 7.45. The van der Waals surface area contributed by atoms with Crippen LogP contribution in [0.15, 0.2) is 66.7 Å². The maximum Gasteiger partial charge on any atom is 0.169 e. The number of nitrogens with zero attached hydrogens (tertiary/aromatic N) is 1. The minimum Gasteiger partial charge on any atom is -0.504 e. The van der Waals surface area contributed by atoms with Gasteiger partial charge in [-0.2, -0.15) is 0 Å². The molecule has 4 aromatic rings. The first-order chi connectivity index (χ1) is 16.7. The van der Waals surface area contributed by atoms with E-state index in [0.29, 0.717) is 18.1 Å². The van der Waals surface area contributed by atoms with Crippen molar-refractivity contribution in [3.63, 3.8) is 0 Å². The molecule has 35 heavy (non-hydrogen) atoms. The lowest BCUT2D eigenvalue weighted by Crippen LogP contribution is -2.31. The van der Waals surface area contributed by atoms with Gasteiger partial charge in [-0.15, -0.1) is 23.7 Å². The van der Waals surface area contributed by atoms with Gasteiger partial charge in [-0.1, -0.05) is 24.6 Å². The predicted molar refractivity (Wildman–Crippen MR) is 145 cm³/mol. The van der Waals surface area contributed by atoms with Crippen LogP contribution in [0.1, 0.15) is 25.7 Å². The molecule has 5 rings (SSSR count). The minimum absolute atomic E-state index is 0. The summed E-state index contributed by atoms with van der Waals surface area (Å²) in [6, 6.07) is 20.6. The molecule has 2 heterocycles. The van der Waals surface area contributed by atoms with Crippen LogP contribution in [0.4, 0.5) is 0 Å². The van der Waals surface area contributed by atoms with Crippen molar-refractivity contribution in [2.75, 3.05) is 26.2 Å². The SMILES string of the molecule is Cl.Oc1cc(OCCCN2CCCCC2)ccc1Oc1cc(-c2cc3ccccc3s2)ccc1O. The number of benzene rings is 3. The van der Waals surface area contributed by atoms with Gasteiger partial charge in [0, 0.05) is 22.2 Å². The molecule has 1 saturated heterocycles. The molecule has 0 atom stereocenters. The molecule has 3 aromatic carbocycles. The zero-order valence-electron chi connectivity index (χ0n) is 19.5. The van der Waals surface area contributed by atoms with Crippen LogP contribution in [0.5, 0.6) is 28.7 Å². The Bertz CT molecular complexity index is 1240. The van der Waals surface area contributed by atoms with Crippen molar-refractivity contribution in [2.24, 2.45) is 0 Å². The molecular formula is C28H30ClNO4S. The fourth-order valence-corrected chi connectivity index (χ4v) is 5.39. The summed E-state index contributed by atoms with van der Waals surface area (Å²) in [4.78, 5) is 3.57. The number of hydrogen-bond donors (Lipinski definition) is 2. The van der Waals surface area contributed by atoms with Crippen molar-refractivity contribution in [3.05, 3.63) is 66.7 Å². The Balaban J connectivity index is 0.00000289. The number of aromatic hydroxyl groups is 2. The molecule has 0 radical (unpaired) electrons. The third-order valence-corrected chi connectivity index (χ3v) is 7.32. The standard InChI is InChI=1S/C28H29NO4S.ClH/c30-23-11-9-21(28-18-20-7-2-3-8-27(20)34-28)17-26(23)33-25-12-10-22(19-24(25)31)32-16-6-15-29-13-4-1-5-14-29;/h2-3,7-12,17-19,30-31H,1,4-6,13-16H2;1H. The summed E-state index contributed by atoms with van der Waals surface area (Å²) in [6.45, 7) is 4.02. The number of piperidine rings is 1. The third kappa shape index (κ3) is 6.20. The smallest absolute Gasteiger partial charge is 0.169 e. The third-order valence-electron chi connectivity index (χ3n) is 6.16. The molecule has 1 aliphatic heterocycles. The van der Waals surface area contributed by atoms with Crippen LogP contribution in [0.3, 0.4) is 0 Å². The van der Waals surface area contributed by atoms with Gasteiger partial charge in [0.05, 0.1) is 6.61 Å². The van der Waals surface area contributed by atoms with Crippen LogP contribution in [0.2, 0.25) is 0 Å². The summed E-state index contributed by atoms with van der Waals surface area (Å²) in [5.74, 6) is 1.15. The second kappa shape index (κ2) is 11.7. The van der Waals surface area contributed by atoms with E-state index in [1.165, 1.54) is 42.4 Å². The van der Waals surface area contributed by atoms with E-state index in [4.69, 9.17) is 9.47 Å². The van der Waals surface area contributed by atoms with Crippen molar-refractivity contribution < 1.29 is 19.7 Å². The van der Waals surface area contributed by atoms with Gasteiger partial charge in [0.25, 0.3) is 0 Å². The summed E-state index contributed by atoms with van der Waals surface area (Å²) in [5, 5.41) is 22.0. The zero-order valence-corrected chi connectivity index (χ0v) is 21.1. The number of ether oxygens (including phenoxy) is 2. The first kappa shape index (κ1) is 25.2. The van der Waals surface area contributed by atoms with Gasteiger partial charge < -0.3 is 24.6 Å². The Labute approximate surface area is 216 Å². The van der Waals surface area contributed by atoms with Gasteiger partial charge in [-0.05, 0) is 85.8 Å². The quantitative estimate of drug-likeness (QED) is 0.240. The van der Waals surface area contributed by atoms with Gasteiger partial charge in [0.15, 0.2) is 23.0 Å². The van der Waals surface area contributed by atoms with E-state index in [-0.39, 0.29) is 29.7 Å². The highest BCUT2D eigenvalue weighted by Crippen LogP contribution is 2.41. The zero-order chi connectivity index (χ0) is 23.3. The summed E-state index contributed by atoms with van der Waals surface area (Å²) < 4.78 is 12.9. The number of phenolic OH excluding ortho intramolecular Hbond substituents is 2. The van der Waals surface area contributed by atoms with Crippen LogP contribution in [0.25, 0.3) is 20.5 Å². The van der Waals surface area contributed by atoms with Crippen molar-refractivity contribution in [1.29, 1.82) is 0 Å². The molecule has 7 heteroatoms. The lowest BCUT2D eigenvalue weighted by molar-refractivity contribution is 0.204. The van der Waals surface area contributed by atoms with E-state index in [0.717, 1.165) is 23.4 Å². The van der Waals surface area contributed by atoms with Crippen LogP contribution >= 0.6 is 23.7 Å². The van der Waals surface area contributed by atoms with E-state index < -0.39 is 0 Å². The van der Waals surface area contributed by atoms with Crippen molar-refractivity contribution in [1.82, 2.24) is 4.90 Å². The average molecular weight is 512 g/mol. The summed E-state index contributed by atoms with van der Waals surface area (Å²) >= 11 is 1.69. The van der Waals surface area contributed by atoms with Crippen LogP contribution in [-0.4, -0.2) is 41.4 Å². The maximum absolute atomic E-state index is 10.5. The van der Waals surface area contributed by atoms with E-state index in [2.05, 4.69) is 23.1 Å². The number of phenols is 2. The first-order valence-electron chi connectivity index (χ1n) is 11.8. The highest BCUT2D eigenvalue weighted by molar-refractivity contribution is 7.22. The summed E-state index contributed by atoms with van der Waals surface area (Å²) in [6.07, 6.45) is 4.88. The largest absolute Gasteiger partial charge is 0.504 e. The number of rotatable bonds is 8. The lowest BCUT2D eigenvalue weighted by Gasteiger charge is -2.26. The van der Waals surface area contributed by atoms with Crippen LogP contribution < -0.4 is 9.47 Å². The molecule has 0 aliphatic carbocycles. The molecule has 0 saturated carbocycles. The molecule has 2 N–H and O–H groups in total. The van der Waals surface area contributed by atoms with Gasteiger partial charge in [0.2, 0.25) is 0 Å². The van der Waals surface area contributed by atoms with Crippen LogP contribution in [0, 0.1) is 0 Å². The molecular weight excluding hydrogens is 482 g/mol. The van der Waals surface area contributed by atoms with Crippen LogP contribution in [-0.2, 0) is 0 Å². The molecule has 0 bridgehead atoms. The lowest BCUT2D eigenvalue weighted by atomic mass is 10.1.